The van der Waals surface area contributed by atoms with Crippen molar-refractivity contribution in [2.45, 2.75) is 12.1 Å². The first-order chi connectivity index (χ1) is 13.1. The van der Waals surface area contributed by atoms with Crippen LogP contribution in [0.3, 0.4) is 0 Å². The molecule has 0 radical (unpaired) electrons. The van der Waals surface area contributed by atoms with Gasteiger partial charge in [0.1, 0.15) is 5.75 Å². The Hall–Kier alpha value is -1.84. The van der Waals surface area contributed by atoms with E-state index in [0.717, 1.165) is 14.5 Å². The largest absolute Gasteiger partial charge is 0.493 e. The van der Waals surface area contributed by atoms with Gasteiger partial charge in [-0.1, -0.05) is 39.8 Å². The number of benzene rings is 2. The van der Waals surface area contributed by atoms with Crippen LogP contribution in [0.2, 0.25) is 0 Å². The van der Waals surface area contributed by atoms with Gasteiger partial charge in [-0.3, -0.25) is 4.79 Å². The maximum Gasteiger partial charge on any atom is 0.277 e. The molecule has 0 bridgehead atoms. The maximum absolute atomic E-state index is 12.2. The standard InChI is InChI=1S/C18H15Br2N3O3S/c1-2-25-15-6-4-3-5-12(15)17-22-23-18(26-17)27-10-16(24)21-14-9-11(19)7-8-13(14)20/h3-9H,2,10H2,1H3,(H,21,24). The predicted octanol–water partition coefficient (Wildman–Crippen LogP) is 5.39. The number of amides is 1. The second-order valence-electron chi connectivity index (χ2n) is 5.26. The van der Waals surface area contributed by atoms with Crippen molar-refractivity contribution in [1.29, 1.82) is 0 Å². The van der Waals surface area contributed by atoms with Gasteiger partial charge in [0.2, 0.25) is 5.91 Å². The van der Waals surface area contributed by atoms with E-state index >= 15 is 0 Å². The van der Waals surface area contributed by atoms with E-state index in [4.69, 9.17) is 9.15 Å². The molecule has 27 heavy (non-hydrogen) atoms. The summed E-state index contributed by atoms with van der Waals surface area (Å²) in [5.74, 6) is 1.01. The molecule has 1 amide bonds. The number of thioether (sulfide) groups is 1. The average molecular weight is 513 g/mol. The first-order valence-corrected chi connectivity index (χ1v) is 10.6. The maximum atomic E-state index is 12.2. The minimum Gasteiger partial charge on any atom is -0.493 e. The van der Waals surface area contributed by atoms with Crippen molar-refractivity contribution < 1.29 is 13.9 Å². The van der Waals surface area contributed by atoms with Crippen LogP contribution in [0, 0.1) is 0 Å². The highest BCUT2D eigenvalue weighted by molar-refractivity contribution is 9.11. The highest BCUT2D eigenvalue weighted by atomic mass is 79.9. The van der Waals surface area contributed by atoms with E-state index in [1.807, 2.05) is 49.4 Å². The van der Waals surface area contributed by atoms with Gasteiger partial charge in [0.05, 0.1) is 23.6 Å². The number of aromatic nitrogens is 2. The zero-order valence-corrected chi connectivity index (χ0v) is 18.2. The zero-order chi connectivity index (χ0) is 19.2. The molecule has 1 N–H and O–H groups in total. The number of carbonyl (C=O) groups excluding carboxylic acids is 1. The Morgan fingerprint density at radius 3 is 2.85 bits per heavy atom. The lowest BCUT2D eigenvalue weighted by molar-refractivity contribution is -0.113. The second-order valence-corrected chi connectivity index (χ2v) is 7.96. The molecular formula is C18H15Br2N3O3S. The Bertz CT molecular complexity index is 949. The van der Waals surface area contributed by atoms with Crippen LogP contribution in [0.5, 0.6) is 5.75 Å². The number of anilines is 1. The van der Waals surface area contributed by atoms with Crippen molar-refractivity contribution in [1.82, 2.24) is 10.2 Å². The van der Waals surface area contributed by atoms with E-state index in [2.05, 4.69) is 47.4 Å². The molecule has 0 aliphatic heterocycles. The molecule has 0 saturated heterocycles. The number of nitrogens with one attached hydrogen (secondary N) is 1. The summed E-state index contributed by atoms with van der Waals surface area (Å²) in [5, 5.41) is 11.2. The van der Waals surface area contributed by atoms with Crippen molar-refractivity contribution in [3.8, 4) is 17.2 Å². The van der Waals surface area contributed by atoms with Gasteiger partial charge < -0.3 is 14.5 Å². The van der Waals surface area contributed by atoms with Gasteiger partial charge in [-0.05, 0) is 53.2 Å². The van der Waals surface area contributed by atoms with Crippen LogP contribution in [-0.2, 0) is 4.79 Å². The number of halogens is 2. The Labute approximate surface area is 177 Å². The van der Waals surface area contributed by atoms with Gasteiger partial charge in [-0.15, -0.1) is 10.2 Å². The van der Waals surface area contributed by atoms with Gasteiger partial charge in [0.15, 0.2) is 0 Å². The molecule has 6 nitrogen and oxygen atoms in total. The molecule has 0 fully saturated rings. The first-order valence-electron chi connectivity index (χ1n) is 8.00. The molecule has 1 heterocycles. The fourth-order valence-electron chi connectivity index (χ4n) is 2.21. The summed E-state index contributed by atoms with van der Waals surface area (Å²) in [5.41, 5.74) is 1.41. The molecule has 0 spiro atoms. The highest BCUT2D eigenvalue weighted by Gasteiger charge is 2.15. The lowest BCUT2D eigenvalue weighted by Gasteiger charge is -2.07. The third-order valence-electron chi connectivity index (χ3n) is 3.35. The van der Waals surface area contributed by atoms with Crippen molar-refractivity contribution in [2.24, 2.45) is 0 Å². The highest BCUT2D eigenvalue weighted by Crippen LogP contribution is 2.31. The molecule has 0 unspecified atom stereocenters. The van der Waals surface area contributed by atoms with Crippen LogP contribution < -0.4 is 10.1 Å². The fourth-order valence-corrected chi connectivity index (χ4v) is 3.48. The number of hydrogen-bond donors (Lipinski definition) is 1. The van der Waals surface area contributed by atoms with Crippen molar-refractivity contribution in [3.63, 3.8) is 0 Å². The topological polar surface area (TPSA) is 77.2 Å². The van der Waals surface area contributed by atoms with Gasteiger partial charge in [0, 0.05) is 8.95 Å². The van der Waals surface area contributed by atoms with Crippen LogP contribution in [0.15, 0.2) is 61.0 Å². The Kier molecular flexibility index (Phi) is 6.92. The van der Waals surface area contributed by atoms with E-state index in [0.29, 0.717) is 29.2 Å². The van der Waals surface area contributed by atoms with Gasteiger partial charge in [-0.2, -0.15) is 0 Å². The summed E-state index contributed by atoms with van der Waals surface area (Å²) in [6, 6.07) is 13.0. The van der Waals surface area contributed by atoms with Crippen molar-refractivity contribution in [2.75, 3.05) is 17.7 Å². The van der Waals surface area contributed by atoms with Gasteiger partial charge in [-0.25, -0.2) is 0 Å². The minimum absolute atomic E-state index is 0.147. The summed E-state index contributed by atoms with van der Waals surface area (Å²) >= 11 is 7.96. The van der Waals surface area contributed by atoms with Crippen molar-refractivity contribution >= 4 is 55.2 Å². The number of rotatable bonds is 7. The number of carbonyl (C=O) groups is 1. The van der Waals surface area contributed by atoms with E-state index in [1.165, 1.54) is 11.8 Å². The van der Waals surface area contributed by atoms with Crippen LogP contribution in [0.4, 0.5) is 5.69 Å². The summed E-state index contributed by atoms with van der Waals surface area (Å²) in [6.45, 7) is 2.45. The molecule has 3 aromatic rings. The van der Waals surface area contributed by atoms with Crippen LogP contribution in [0.1, 0.15) is 6.92 Å². The number of ether oxygens (including phenoxy) is 1. The van der Waals surface area contributed by atoms with E-state index in [9.17, 15) is 4.79 Å². The summed E-state index contributed by atoms with van der Waals surface area (Å²) < 4.78 is 12.9. The molecule has 140 valence electrons. The number of hydrogen-bond acceptors (Lipinski definition) is 6. The quantitative estimate of drug-likeness (QED) is 0.427. The van der Waals surface area contributed by atoms with E-state index < -0.39 is 0 Å². The zero-order valence-electron chi connectivity index (χ0n) is 14.2. The molecule has 1 aromatic heterocycles. The van der Waals surface area contributed by atoms with E-state index in [1.54, 1.807) is 0 Å². The predicted molar refractivity (Wildman–Crippen MR) is 112 cm³/mol. The second kappa shape index (κ2) is 9.38. The molecule has 0 atom stereocenters. The summed E-state index contributed by atoms with van der Waals surface area (Å²) in [4.78, 5) is 12.2. The smallest absolute Gasteiger partial charge is 0.277 e. The Morgan fingerprint density at radius 1 is 1.22 bits per heavy atom. The molecule has 9 heteroatoms. The minimum atomic E-state index is -0.173. The lowest BCUT2D eigenvalue weighted by Crippen LogP contribution is -2.14. The summed E-state index contributed by atoms with van der Waals surface area (Å²) in [7, 11) is 0. The summed E-state index contributed by atoms with van der Waals surface area (Å²) in [6.07, 6.45) is 0. The van der Waals surface area contributed by atoms with E-state index in [-0.39, 0.29) is 11.7 Å². The molecule has 3 rings (SSSR count). The molecule has 0 aliphatic rings. The van der Waals surface area contributed by atoms with Crippen molar-refractivity contribution in [3.05, 3.63) is 51.4 Å². The Balaban J connectivity index is 1.63. The van der Waals surface area contributed by atoms with Gasteiger partial charge >= 0.3 is 0 Å². The van der Waals surface area contributed by atoms with Crippen LogP contribution >= 0.6 is 43.6 Å². The SMILES string of the molecule is CCOc1ccccc1-c1nnc(SCC(=O)Nc2cc(Br)ccc2Br)o1. The van der Waals surface area contributed by atoms with Gasteiger partial charge in [0.25, 0.3) is 11.1 Å². The lowest BCUT2D eigenvalue weighted by atomic mass is 10.2. The van der Waals surface area contributed by atoms with Crippen LogP contribution in [-0.4, -0.2) is 28.5 Å². The Morgan fingerprint density at radius 2 is 2.04 bits per heavy atom. The molecular weight excluding hydrogens is 498 g/mol. The third-order valence-corrected chi connectivity index (χ3v) is 5.36. The molecule has 0 saturated carbocycles. The number of nitrogens with zero attached hydrogens (tertiary/aromatic N) is 2. The number of para-hydroxylation sites is 1. The molecule has 0 aliphatic carbocycles. The normalized spacial score (nSPS) is 10.6. The monoisotopic (exact) mass is 511 g/mol. The first kappa shape index (κ1) is 19.9. The van der Waals surface area contributed by atoms with Crippen LogP contribution in [0.25, 0.3) is 11.5 Å². The molecule has 2 aromatic carbocycles. The third kappa shape index (κ3) is 5.33. The fraction of sp³-hybridized carbons (Fsp3) is 0.167. The average Bonchev–Trinajstić information content (AvgIpc) is 3.13.